The first-order valence-corrected chi connectivity index (χ1v) is 11.5. The summed E-state index contributed by atoms with van der Waals surface area (Å²) < 4.78 is 51.7. The van der Waals surface area contributed by atoms with E-state index >= 15 is 0 Å². The molecule has 2 aliphatic rings. The quantitative estimate of drug-likeness (QED) is 0.599. The molecule has 3 heterocycles. The van der Waals surface area contributed by atoms with Crippen LogP contribution in [0.2, 0.25) is 0 Å². The summed E-state index contributed by atoms with van der Waals surface area (Å²) in [5.74, 6) is -4.24. The molecule has 0 radical (unpaired) electrons. The molecule has 1 aromatic carbocycles. The summed E-state index contributed by atoms with van der Waals surface area (Å²) in [6.45, 7) is 2.65. The molecule has 2 aromatic rings. The van der Waals surface area contributed by atoms with Crippen molar-refractivity contribution in [3.8, 4) is 0 Å². The Labute approximate surface area is 197 Å². The summed E-state index contributed by atoms with van der Waals surface area (Å²) in [5.41, 5.74) is 4.28. The highest BCUT2D eigenvalue weighted by molar-refractivity contribution is 7.07. The maximum Gasteiger partial charge on any atom is 0.490 e. The molecule has 0 bridgehead atoms. The van der Waals surface area contributed by atoms with E-state index in [0.717, 1.165) is 43.6 Å². The Bertz CT molecular complexity index is 992. The zero-order valence-electron chi connectivity index (χ0n) is 18.1. The van der Waals surface area contributed by atoms with Crippen molar-refractivity contribution in [1.82, 2.24) is 9.88 Å². The third-order valence-corrected chi connectivity index (χ3v) is 6.62. The van der Waals surface area contributed by atoms with Gasteiger partial charge in [-0.25, -0.2) is 14.2 Å². The van der Waals surface area contributed by atoms with Gasteiger partial charge in [-0.2, -0.15) is 13.2 Å². The number of likely N-dealkylation sites (tertiary alicyclic amines) is 1. The van der Waals surface area contributed by atoms with Gasteiger partial charge in [0.25, 0.3) is 0 Å². The van der Waals surface area contributed by atoms with Crippen molar-refractivity contribution in [2.45, 2.75) is 37.5 Å². The van der Waals surface area contributed by atoms with Crippen LogP contribution in [0.25, 0.3) is 0 Å². The van der Waals surface area contributed by atoms with Crippen molar-refractivity contribution >= 4 is 23.3 Å². The van der Waals surface area contributed by atoms with Crippen LogP contribution in [-0.4, -0.2) is 64.5 Å². The monoisotopic (exact) mass is 504 g/mol. The predicted molar refractivity (Wildman–Crippen MR) is 114 cm³/mol. The molecule has 12 heteroatoms. The highest BCUT2D eigenvalue weighted by Gasteiger charge is 2.41. The third-order valence-electron chi connectivity index (χ3n) is 5.99. The molecule has 4 rings (SSSR count). The Morgan fingerprint density at radius 2 is 1.91 bits per heavy atom. The van der Waals surface area contributed by atoms with E-state index in [0.29, 0.717) is 19.6 Å². The number of rotatable bonds is 5. The number of nitrogens with zero attached hydrogens (tertiary/aromatic N) is 2. The lowest BCUT2D eigenvalue weighted by molar-refractivity contribution is -0.192. The van der Waals surface area contributed by atoms with Crippen molar-refractivity contribution in [2.75, 3.05) is 26.2 Å². The van der Waals surface area contributed by atoms with Crippen LogP contribution in [0.1, 0.15) is 29.7 Å². The van der Waals surface area contributed by atoms with Crippen LogP contribution < -0.4 is 0 Å². The molecular weight excluding hydrogens is 480 g/mol. The minimum absolute atomic E-state index is 0.227. The van der Waals surface area contributed by atoms with Crippen molar-refractivity contribution < 1.29 is 42.1 Å². The first kappa shape index (κ1) is 26.0. The molecule has 1 fully saturated rings. The van der Waals surface area contributed by atoms with Crippen LogP contribution in [0.15, 0.2) is 29.1 Å². The maximum atomic E-state index is 13.8. The highest BCUT2D eigenvalue weighted by atomic mass is 32.1. The zero-order valence-corrected chi connectivity index (χ0v) is 18.9. The van der Waals surface area contributed by atoms with Crippen LogP contribution in [-0.2, 0) is 32.8 Å². The van der Waals surface area contributed by atoms with Crippen LogP contribution in [0.3, 0.4) is 0 Å². The normalized spacial score (nSPS) is 18.5. The minimum atomic E-state index is -5.08. The molecule has 0 aliphatic carbocycles. The molecular formula is C22H24F4N2O5S. The van der Waals surface area contributed by atoms with E-state index in [1.165, 1.54) is 23.0 Å². The van der Waals surface area contributed by atoms with E-state index < -0.39 is 29.6 Å². The van der Waals surface area contributed by atoms with E-state index in [-0.39, 0.29) is 5.82 Å². The van der Waals surface area contributed by atoms with E-state index in [2.05, 4.69) is 9.88 Å². The number of carboxylic acid groups (broad SMARTS) is 2. The number of benzene rings is 1. The molecule has 1 unspecified atom stereocenters. The lowest BCUT2D eigenvalue weighted by Crippen LogP contribution is -2.48. The molecule has 1 atom stereocenters. The number of aromatic nitrogens is 1. The van der Waals surface area contributed by atoms with Gasteiger partial charge in [0.2, 0.25) is 0 Å². The molecule has 1 aromatic heterocycles. The fourth-order valence-electron chi connectivity index (χ4n) is 4.27. The van der Waals surface area contributed by atoms with E-state index in [4.69, 9.17) is 14.6 Å². The largest absolute Gasteiger partial charge is 0.490 e. The van der Waals surface area contributed by atoms with Gasteiger partial charge < -0.3 is 19.8 Å². The van der Waals surface area contributed by atoms with Gasteiger partial charge in [-0.15, -0.1) is 11.3 Å². The van der Waals surface area contributed by atoms with Gasteiger partial charge in [0.15, 0.2) is 0 Å². The Morgan fingerprint density at radius 1 is 1.24 bits per heavy atom. The number of piperidine rings is 1. The molecule has 7 nitrogen and oxygen atoms in total. The molecule has 34 heavy (non-hydrogen) atoms. The van der Waals surface area contributed by atoms with Crippen LogP contribution in [0.4, 0.5) is 17.6 Å². The van der Waals surface area contributed by atoms with Gasteiger partial charge >= 0.3 is 18.1 Å². The van der Waals surface area contributed by atoms with Gasteiger partial charge in [0.1, 0.15) is 5.82 Å². The number of hydrogen-bond acceptors (Lipinski definition) is 6. The summed E-state index contributed by atoms with van der Waals surface area (Å²) in [7, 11) is 0. The number of thiazole rings is 1. The number of hydrogen-bond donors (Lipinski definition) is 2. The van der Waals surface area contributed by atoms with Gasteiger partial charge in [-0.05, 0) is 42.5 Å². The van der Waals surface area contributed by atoms with Crippen LogP contribution in [0, 0.1) is 11.7 Å². The summed E-state index contributed by atoms with van der Waals surface area (Å²) >= 11 is 1.48. The Hall–Kier alpha value is -2.57. The number of halogens is 4. The number of ether oxygens (including phenoxy) is 1. The second-order valence-corrected chi connectivity index (χ2v) is 8.94. The topological polar surface area (TPSA) is 100.0 Å². The highest BCUT2D eigenvalue weighted by Crippen LogP contribution is 2.41. The van der Waals surface area contributed by atoms with Crippen molar-refractivity contribution in [1.29, 1.82) is 0 Å². The van der Waals surface area contributed by atoms with Gasteiger partial charge in [-0.3, -0.25) is 4.79 Å². The molecule has 0 saturated carbocycles. The fraction of sp³-hybridized carbons (Fsp3) is 0.500. The van der Waals surface area contributed by atoms with E-state index in [1.807, 2.05) is 11.4 Å². The molecule has 0 amide bonds. The number of alkyl halides is 3. The minimum Gasteiger partial charge on any atom is -0.481 e. The second-order valence-electron chi connectivity index (χ2n) is 8.22. The fourth-order valence-corrected chi connectivity index (χ4v) is 4.84. The number of carboxylic acids is 2. The average molecular weight is 505 g/mol. The lowest BCUT2D eigenvalue weighted by Gasteiger charge is -2.45. The molecule has 186 valence electrons. The summed E-state index contributed by atoms with van der Waals surface area (Å²) in [4.78, 5) is 27.0. The Kier molecular flexibility index (Phi) is 8.26. The smallest absolute Gasteiger partial charge is 0.481 e. The summed E-state index contributed by atoms with van der Waals surface area (Å²) in [6.07, 6.45) is -2.31. The first-order valence-electron chi connectivity index (χ1n) is 10.6. The molecule has 2 N–H and O–H groups in total. The summed E-state index contributed by atoms with van der Waals surface area (Å²) in [5, 5.41) is 18.6. The number of fused-ring (bicyclic) bond motifs is 2. The van der Waals surface area contributed by atoms with E-state index in [9.17, 15) is 27.5 Å². The number of carbonyl (C=O) groups is 2. The standard InChI is InChI=1S/C20H23FN2O3S.C2HF3O2/c21-16-2-1-14-3-8-26-20(18(14)10-16)4-6-23(7-5-20)11-15(19(24)25)9-17-12-27-13-22-17;3-2(4,5)1(6)7/h1-2,10,12-13,15H,3-9,11H2,(H,24,25);(H,6,7). The van der Waals surface area contributed by atoms with Crippen LogP contribution >= 0.6 is 11.3 Å². The van der Waals surface area contributed by atoms with Crippen molar-refractivity contribution in [3.63, 3.8) is 0 Å². The molecule has 1 saturated heterocycles. The SMILES string of the molecule is O=C(O)C(Cc1cscn1)CN1CCC2(CC1)OCCc1ccc(F)cc12.O=C(O)C(F)(F)F. The second kappa shape index (κ2) is 10.8. The van der Waals surface area contributed by atoms with Crippen molar-refractivity contribution in [2.24, 2.45) is 5.92 Å². The Morgan fingerprint density at radius 3 is 2.47 bits per heavy atom. The van der Waals surface area contributed by atoms with Crippen LogP contribution in [0.5, 0.6) is 0 Å². The predicted octanol–water partition coefficient (Wildman–Crippen LogP) is 3.72. The maximum absolute atomic E-state index is 13.8. The lowest BCUT2D eigenvalue weighted by atomic mass is 9.79. The van der Waals surface area contributed by atoms with E-state index in [1.54, 1.807) is 11.6 Å². The first-order chi connectivity index (χ1) is 16.0. The van der Waals surface area contributed by atoms with Gasteiger partial charge in [0.05, 0.1) is 29.3 Å². The number of aliphatic carboxylic acids is 2. The molecule has 2 aliphatic heterocycles. The average Bonchev–Trinajstić information content (AvgIpc) is 3.28. The van der Waals surface area contributed by atoms with Gasteiger partial charge in [0, 0.05) is 31.4 Å². The van der Waals surface area contributed by atoms with Crippen molar-refractivity contribution in [3.05, 3.63) is 51.7 Å². The zero-order chi connectivity index (χ0) is 24.9. The summed E-state index contributed by atoms with van der Waals surface area (Å²) in [6, 6.07) is 5.00. The van der Waals surface area contributed by atoms with Gasteiger partial charge in [-0.1, -0.05) is 6.07 Å². The third kappa shape index (κ3) is 6.51. The Balaban J connectivity index is 0.000000406. The molecule has 1 spiro atoms.